The van der Waals surface area contributed by atoms with Crippen LogP contribution in [0.1, 0.15) is 36.4 Å². The highest BCUT2D eigenvalue weighted by atomic mass is 16.6. The van der Waals surface area contributed by atoms with Gasteiger partial charge < -0.3 is 14.8 Å². The van der Waals surface area contributed by atoms with Crippen LogP contribution in [0.5, 0.6) is 0 Å². The molecule has 0 heterocycles. The molecule has 0 saturated heterocycles. The Morgan fingerprint density at radius 3 is 2.65 bits per heavy atom. The molecule has 5 heteroatoms. The van der Waals surface area contributed by atoms with Crippen LogP contribution in [0.25, 0.3) is 0 Å². The number of carbonyl (C=O) groups is 2. The minimum atomic E-state index is -0.851. The van der Waals surface area contributed by atoms with Crippen molar-refractivity contribution >= 4 is 12.1 Å². The average molecular weight is 246 g/mol. The lowest BCUT2D eigenvalue weighted by molar-refractivity contribution is -0.143. The van der Waals surface area contributed by atoms with Crippen molar-refractivity contribution in [3.05, 3.63) is 12.6 Å². The molecule has 0 unspecified atom stereocenters. The molecule has 0 fully saturated rings. The first-order chi connectivity index (χ1) is 8.65. The molecule has 0 bridgehead atoms. The zero-order valence-electron chi connectivity index (χ0n) is 12.7. The number of methoxy groups -OCH3 is 1. The first-order valence-corrected chi connectivity index (χ1v) is 5.36. The zero-order chi connectivity index (χ0) is 15.1. The second-order valence-corrected chi connectivity index (χ2v) is 4.50. The van der Waals surface area contributed by atoms with E-state index in [1.807, 2.05) is 0 Å². The first-order valence-electron chi connectivity index (χ1n) is 6.36. The number of amides is 1. The largest absolute Gasteiger partial charge is 0.467 e. The Kier molecular flexibility index (Phi) is 4.87. The van der Waals surface area contributed by atoms with Crippen LogP contribution in [0.2, 0.25) is 0 Å². The number of allylic oxidation sites excluding steroid dienone is 1. The monoisotopic (exact) mass is 246 g/mol. The topological polar surface area (TPSA) is 64.6 Å². The Bertz CT molecular complexity index is 346. The normalized spacial score (nSPS) is 13.9. The zero-order valence-corrected chi connectivity index (χ0v) is 10.7. The number of carbonyl (C=O) groups excluding carboxylic acids is 2. The smallest absolute Gasteiger partial charge is 0.408 e. The summed E-state index contributed by atoms with van der Waals surface area (Å²) in [6, 6.07) is -0.851. The van der Waals surface area contributed by atoms with Crippen LogP contribution >= 0.6 is 0 Å². The molecule has 1 N–H and O–H groups in total. The quantitative estimate of drug-likeness (QED) is 0.458. The third-order valence-corrected chi connectivity index (χ3v) is 1.78. The molecule has 0 aromatic rings. The molecule has 0 aliphatic carbocycles. The molecule has 98 valence electrons. The maximum Gasteiger partial charge on any atom is 0.408 e. The second-order valence-electron chi connectivity index (χ2n) is 4.50. The number of hydrogen-bond acceptors (Lipinski definition) is 4. The van der Waals surface area contributed by atoms with E-state index in [9.17, 15) is 9.59 Å². The summed E-state index contributed by atoms with van der Waals surface area (Å²) in [5.74, 6) is -0.587. The average Bonchev–Trinajstić information content (AvgIpc) is 2.23. The maximum atomic E-state index is 11.6. The number of rotatable bonds is 5. The minimum absolute atomic E-state index is 0.243. The molecule has 0 saturated carbocycles. The van der Waals surface area contributed by atoms with Gasteiger partial charge in [0.2, 0.25) is 0 Å². The Morgan fingerprint density at radius 1 is 1.53 bits per heavy atom. The fraction of sp³-hybridized carbons (Fsp3) is 0.667. The number of alkyl carbamates (subject to hydrolysis) is 1. The highest BCUT2D eigenvalue weighted by Crippen LogP contribution is 2.08. The highest BCUT2D eigenvalue weighted by Gasteiger charge is 2.24. The molecule has 5 nitrogen and oxygen atoms in total. The van der Waals surface area contributed by atoms with Crippen molar-refractivity contribution in [3.63, 3.8) is 0 Å². The lowest BCUT2D eigenvalue weighted by Gasteiger charge is -2.22. The number of ether oxygens (including phenoxy) is 2. The van der Waals surface area contributed by atoms with Gasteiger partial charge in [0.1, 0.15) is 11.6 Å². The van der Waals surface area contributed by atoms with Crippen LogP contribution in [-0.2, 0) is 14.3 Å². The van der Waals surface area contributed by atoms with E-state index in [1.54, 1.807) is 20.8 Å². The van der Waals surface area contributed by atoms with Gasteiger partial charge in [0, 0.05) is 0 Å². The molecular formula is C12H21NO4. The Labute approximate surface area is 105 Å². The van der Waals surface area contributed by atoms with Gasteiger partial charge in [-0.05, 0) is 33.6 Å². The van der Waals surface area contributed by atoms with Gasteiger partial charge in [0.15, 0.2) is 0 Å². The summed E-state index contributed by atoms with van der Waals surface area (Å²) >= 11 is 0. The second kappa shape index (κ2) is 6.93. The molecule has 0 aliphatic rings. The molecule has 17 heavy (non-hydrogen) atoms. The van der Waals surface area contributed by atoms with Crippen LogP contribution in [0.15, 0.2) is 12.6 Å². The molecule has 0 spiro atoms. The van der Waals surface area contributed by atoms with Crippen LogP contribution < -0.4 is 5.32 Å². The number of nitrogens with one attached hydrogen (secondary N) is 1. The van der Waals surface area contributed by atoms with Gasteiger partial charge >= 0.3 is 12.1 Å². The fourth-order valence-corrected chi connectivity index (χ4v) is 1.09. The van der Waals surface area contributed by atoms with Crippen molar-refractivity contribution < 1.29 is 21.8 Å². The number of esters is 1. The van der Waals surface area contributed by atoms with E-state index in [2.05, 4.69) is 10.1 Å². The van der Waals surface area contributed by atoms with Crippen molar-refractivity contribution in [2.24, 2.45) is 0 Å². The molecule has 0 aliphatic heterocycles. The first kappa shape index (κ1) is 12.0. The van der Waals surface area contributed by atoms with Gasteiger partial charge in [0.25, 0.3) is 0 Å². The fourth-order valence-electron chi connectivity index (χ4n) is 1.09. The highest BCUT2D eigenvalue weighted by molar-refractivity contribution is 5.81. The number of hydrogen-bond donors (Lipinski definition) is 1. The Morgan fingerprint density at radius 2 is 2.18 bits per heavy atom. The van der Waals surface area contributed by atoms with E-state index in [-0.39, 0.29) is 13.0 Å². The summed E-state index contributed by atoms with van der Waals surface area (Å²) < 4.78 is 23.5. The molecule has 0 radical (unpaired) electrons. The van der Waals surface area contributed by atoms with E-state index in [0.29, 0.717) is 6.42 Å². The van der Waals surface area contributed by atoms with Crippen LogP contribution in [0.3, 0.4) is 0 Å². The Hall–Kier alpha value is -1.52. The summed E-state index contributed by atoms with van der Waals surface area (Å²) in [6.45, 7) is 4.82. The standard InChI is InChI=1S/C12H21NO4/c1-6-7-8-9(10(14)16-5)13-11(15)17-12(2,3)4/h6,9H,1,7-8H2,2-5H3,(H,13,15)/t9-/m0/s1/i1+1D2. The molecule has 1 atom stereocenters. The lowest BCUT2D eigenvalue weighted by Crippen LogP contribution is -2.43. The van der Waals surface area contributed by atoms with Gasteiger partial charge in [-0.2, -0.15) is 0 Å². The minimum Gasteiger partial charge on any atom is -0.467 e. The predicted octanol–water partition coefficient (Wildman–Crippen LogP) is 2.02. The van der Waals surface area contributed by atoms with E-state index < -0.39 is 23.7 Å². The van der Waals surface area contributed by atoms with Crippen molar-refractivity contribution in [3.8, 4) is 0 Å². The van der Waals surface area contributed by atoms with E-state index >= 15 is 0 Å². The van der Waals surface area contributed by atoms with Gasteiger partial charge in [-0.25, -0.2) is 9.59 Å². The third kappa shape index (κ3) is 7.38. The van der Waals surface area contributed by atoms with Crippen molar-refractivity contribution in [1.29, 1.82) is 0 Å². The summed E-state index contributed by atoms with van der Waals surface area (Å²) in [6.07, 6.45) is 1.20. The van der Waals surface area contributed by atoms with Gasteiger partial charge in [0.05, 0.1) is 9.85 Å². The summed E-state index contributed by atoms with van der Waals surface area (Å²) in [4.78, 5) is 23.0. The molecule has 0 aromatic heterocycles. The van der Waals surface area contributed by atoms with Gasteiger partial charge in [-0.1, -0.05) is 6.08 Å². The molecule has 0 aromatic carbocycles. The summed E-state index contributed by atoms with van der Waals surface area (Å²) in [7, 11) is 1.22. The SMILES string of the molecule is [2H][13C]([2H])=CCC[C@H](NC(=O)OC(C)(C)C)C(=O)OC. The summed E-state index contributed by atoms with van der Waals surface area (Å²) in [5, 5.41) is 2.41. The predicted molar refractivity (Wildman–Crippen MR) is 64.6 cm³/mol. The van der Waals surface area contributed by atoms with Crippen LogP contribution in [0, 0.1) is 0 Å². The maximum absolute atomic E-state index is 11.6. The lowest BCUT2D eigenvalue weighted by atomic mass is 10.1. The van der Waals surface area contributed by atoms with Crippen molar-refractivity contribution in [1.82, 2.24) is 5.32 Å². The molecule has 1 amide bonds. The van der Waals surface area contributed by atoms with E-state index in [4.69, 9.17) is 7.48 Å². The van der Waals surface area contributed by atoms with E-state index in [1.165, 1.54) is 13.2 Å². The Balaban J connectivity index is 4.47. The van der Waals surface area contributed by atoms with Gasteiger partial charge in [-0.3, -0.25) is 0 Å². The van der Waals surface area contributed by atoms with E-state index in [0.717, 1.165) is 0 Å². The van der Waals surface area contributed by atoms with Crippen molar-refractivity contribution in [2.45, 2.75) is 45.3 Å². The molecule has 0 rings (SSSR count). The van der Waals surface area contributed by atoms with Gasteiger partial charge in [-0.15, -0.1) is 6.53 Å². The third-order valence-electron chi connectivity index (χ3n) is 1.78. The summed E-state index contributed by atoms with van der Waals surface area (Å²) in [5.41, 5.74) is -0.653. The van der Waals surface area contributed by atoms with Crippen LogP contribution in [-0.4, -0.2) is 30.8 Å². The van der Waals surface area contributed by atoms with Crippen molar-refractivity contribution in [2.75, 3.05) is 7.11 Å². The van der Waals surface area contributed by atoms with Crippen LogP contribution in [0.4, 0.5) is 4.79 Å². The molecular weight excluding hydrogens is 223 g/mol.